The molecule has 1 unspecified atom stereocenters. The van der Waals surface area contributed by atoms with Gasteiger partial charge in [-0.05, 0) is 5.56 Å². The molecule has 0 aliphatic rings. The third-order valence-corrected chi connectivity index (χ3v) is 2.43. The van der Waals surface area contributed by atoms with Gasteiger partial charge in [-0.25, -0.2) is 8.78 Å². The maximum atomic E-state index is 12.0. The van der Waals surface area contributed by atoms with E-state index in [1.165, 1.54) is 0 Å². The molecule has 18 heavy (non-hydrogen) atoms. The zero-order chi connectivity index (χ0) is 13.5. The van der Waals surface area contributed by atoms with Gasteiger partial charge in [0.2, 0.25) is 6.43 Å². The van der Waals surface area contributed by atoms with Crippen LogP contribution in [0.15, 0.2) is 30.3 Å². The summed E-state index contributed by atoms with van der Waals surface area (Å²) in [5, 5.41) is 11.9. The molecule has 0 radical (unpaired) electrons. The van der Waals surface area contributed by atoms with Crippen molar-refractivity contribution < 1.29 is 18.7 Å². The largest absolute Gasteiger partial charge is 0.382 e. The summed E-state index contributed by atoms with van der Waals surface area (Å²) in [5.41, 5.74) is 6.14. The second-order valence-corrected chi connectivity index (χ2v) is 3.94. The Morgan fingerprint density at radius 1 is 1.33 bits per heavy atom. The fourth-order valence-corrected chi connectivity index (χ4v) is 1.42. The predicted molar refractivity (Wildman–Crippen MR) is 62.9 cm³/mol. The number of amides is 1. The van der Waals surface area contributed by atoms with E-state index in [1.807, 2.05) is 6.07 Å². The summed E-state index contributed by atoms with van der Waals surface area (Å²) >= 11 is 0. The van der Waals surface area contributed by atoms with E-state index in [4.69, 9.17) is 5.73 Å². The Balaban J connectivity index is 2.40. The minimum atomic E-state index is -2.64. The Bertz CT molecular complexity index is 374. The average molecular weight is 258 g/mol. The smallest absolute Gasteiger partial charge is 0.250 e. The number of carbonyl (C=O) groups is 1. The van der Waals surface area contributed by atoms with E-state index in [0.29, 0.717) is 0 Å². The third kappa shape index (κ3) is 4.77. The molecule has 0 heterocycles. The molecule has 0 bridgehead atoms. The summed E-state index contributed by atoms with van der Waals surface area (Å²) < 4.78 is 24.1. The van der Waals surface area contributed by atoms with Crippen LogP contribution in [0.1, 0.15) is 12.0 Å². The molecule has 0 aliphatic heterocycles. The molecule has 0 fully saturated rings. The topological polar surface area (TPSA) is 75.3 Å². The third-order valence-electron chi connectivity index (χ3n) is 2.43. The molecule has 4 N–H and O–H groups in total. The van der Waals surface area contributed by atoms with Crippen LogP contribution in [-0.2, 0) is 11.3 Å². The molecule has 0 spiro atoms. The van der Waals surface area contributed by atoms with E-state index >= 15 is 0 Å². The molecule has 0 saturated carbocycles. The Kier molecular flexibility index (Phi) is 5.67. The quantitative estimate of drug-likeness (QED) is 0.701. The summed E-state index contributed by atoms with van der Waals surface area (Å²) in [5.74, 6) is -0.744. The zero-order valence-electron chi connectivity index (χ0n) is 9.72. The molecule has 6 heteroatoms. The average Bonchev–Trinajstić information content (AvgIpc) is 2.35. The molecular formula is C12H16F2N2O2. The van der Waals surface area contributed by atoms with Gasteiger partial charge in [0, 0.05) is 19.0 Å². The van der Waals surface area contributed by atoms with Gasteiger partial charge in [0.15, 0.2) is 0 Å². The lowest BCUT2D eigenvalue weighted by Crippen LogP contribution is -2.46. The first-order valence-corrected chi connectivity index (χ1v) is 5.54. The lowest BCUT2D eigenvalue weighted by atomic mass is 10.1. The van der Waals surface area contributed by atoms with Crippen LogP contribution in [0, 0.1) is 0 Å². The second kappa shape index (κ2) is 7.03. The number of carbonyl (C=O) groups excluding carboxylic acids is 1. The van der Waals surface area contributed by atoms with Gasteiger partial charge >= 0.3 is 0 Å². The number of rotatable bonds is 6. The van der Waals surface area contributed by atoms with Crippen molar-refractivity contribution in [1.82, 2.24) is 5.32 Å². The number of aliphatic hydroxyl groups excluding tert-OH is 1. The molecular weight excluding hydrogens is 242 g/mol. The van der Waals surface area contributed by atoms with Gasteiger partial charge in [0.05, 0.1) is 0 Å². The second-order valence-electron chi connectivity index (χ2n) is 3.94. The van der Waals surface area contributed by atoms with Gasteiger partial charge in [-0.3, -0.25) is 4.79 Å². The van der Waals surface area contributed by atoms with Gasteiger partial charge in [-0.15, -0.1) is 0 Å². The standard InChI is InChI=1S/C12H16F2N2O2/c13-10(14)6-9(15)11(17)12(18)16-7-8-4-2-1-3-5-8/h1-5,9-11,17H,6-7,15H2,(H,16,18)/t9?,11-/m0/s1. The molecule has 0 saturated heterocycles. The van der Waals surface area contributed by atoms with Gasteiger partial charge in [0.25, 0.3) is 5.91 Å². The minimum Gasteiger partial charge on any atom is -0.382 e. The lowest BCUT2D eigenvalue weighted by Gasteiger charge is -2.17. The monoisotopic (exact) mass is 258 g/mol. The van der Waals surface area contributed by atoms with Crippen LogP contribution in [0.4, 0.5) is 8.78 Å². The van der Waals surface area contributed by atoms with Gasteiger partial charge in [0.1, 0.15) is 6.10 Å². The summed E-state index contributed by atoms with van der Waals surface area (Å²) in [7, 11) is 0. The van der Waals surface area contributed by atoms with Crippen LogP contribution in [0.25, 0.3) is 0 Å². The molecule has 1 aromatic rings. The number of nitrogens with one attached hydrogen (secondary N) is 1. The molecule has 1 amide bonds. The number of halogens is 2. The highest BCUT2D eigenvalue weighted by Crippen LogP contribution is 2.06. The molecule has 1 rings (SSSR count). The highest BCUT2D eigenvalue weighted by molar-refractivity contribution is 5.81. The van der Waals surface area contributed by atoms with Crippen molar-refractivity contribution in [3.63, 3.8) is 0 Å². The summed E-state index contributed by atoms with van der Waals surface area (Å²) in [6, 6.07) is 7.78. The molecule has 100 valence electrons. The van der Waals surface area contributed by atoms with E-state index in [9.17, 15) is 18.7 Å². The van der Waals surface area contributed by atoms with E-state index in [2.05, 4.69) is 5.32 Å². The number of aliphatic hydroxyl groups is 1. The van der Waals surface area contributed by atoms with Crippen LogP contribution in [0.2, 0.25) is 0 Å². The molecule has 1 aromatic carbocycles. The number of hydrogen-bond acceptors (Lipinski definition) is 3. The van der Waals surface area contributed by atoms with Crippen molar-refractivity contribution in [2.24, 2.45) is 5.73 Å². The van der Waals surface area contributed by atoms with Crippen LogP contribution in [0.5, 0.6) is 0 Å². The first kappa shape index (κ1) is 14.5. The fraction of sp³-hybridized carbons (Fsp3) is 0.417. The van der Waals surface area contributed by atoms with Crippen molar-refractivity contribution in [2.75, 3.05) is 0 Å². The number of hydrogen-bond donors (Lipinski definition) is 3. The highest BCUT2D eigenvalue weighted by Gasteiger charge is 2.25. The number of nitrogens with two attached hydrogens (primary N) is 1. The van der Waals surface area contributed by atoms with Gasteiger partial charge < -0.3 is 16.2 Å². The first-order valence-electron chi connectivity index (χ1n) is 5.54. The Morgan fingerprint density at radius 3 is 2.50 bits per heavy atom. The maximum absolute atomic E-state index is 12.0. The maximum Gasteiger partial charge on any atom is 0.250 e. The summed E-state index contributed by atoms with van der Waals surface area (Å²) in [4.78, 5) is 11.5. The number of benzene rings is 1. The van der Waals surface area contributed by atoms with Gasteiger partial charge in [-0.1, -0.05) is 30.3 Å². The van der Waals surface area contributed by atoms with Gasteiger partial charge in [-0.2, -0.15) is 0 Å². The SMILES string of the molecule is NC(CC(F)F)[C@H](O)C(=O)NCc1ccccc1. The fourth-order valence-electron chi connectivity index (χ4n) is 1.42. The van der Waals surface area contributed by atoms with Crippen molar-refractivity contribution in [2.45, 2.75) is 31.5 Å². The Hall–Kier alpha value is -1.53. The van der Waals surface area contributed by atoms with Crippen LogP contribution in [-0.4, -0.2) is 29.6 Å². The van der Waals surface area contributed by atoms with E-state index in [0.717, 1.165) is 5.56 Å². The molecule has 4 nitrogen and oxygen atoms in total. The van der Waals surface area contributed by atoms with E-state index < -0.39 is 30.9 Å². The van der Waals surface area contributed by atoms with Crippen molar-refractivity contribution in [3.8, 4) is 0 Å². The molecule has 2 atom stereocenters. The summed E-state index contributed by atoms with van der Waals surface area (Å²) in [6.45, 7) is 0.220. The van der Waals surface area contributed by atoms with Crippen molar-refractivity contribution in [3.05, 3.63) is 35.9 Å². The normalized spacial score (nSPS) is 14.3. The zero-order valence-corrected chi connectivity index (χ0v) is 9.72. The summed E-state index contributed by atoms with van der Waals surface area (Å²) in [6.07, 6.45) is -4.97. The Labute approximate surface area is 104 Å². The first-order chi connectivity index (χ1) is 8.50. The van der Waals surface area contributed by atoms with E-state index in [1.54, 1.807) is 24.3 Å². The molecule has 0 aromatic heterocycles. The molecule has 0 aliphatic carbocycles. The van der Waals surface area contributed by atoms with Crippen LogP contribution < -0.4 is 11.1 Å². The van der Waals surface area contributed by atoms with Crippen LogP contribution >= 0.6 is 0 Å². The lowest BCUT2D eigenvalue weighted by molar-refractivity contribution is -0.130. The van der Waals surface area contributed by atoms with Crippen molar-refractivity contribution in [1.29, 1.82) is 0 Å². The minimum absolute atomic E-state index is 0.220. The van der Waals surface area contributed by atoms with Crippen molar-refractivity contribution >= 4 is 5.91 Å². The Morgan fingerprint density at radius 2 is 1.94 bits per heavy atom. The highest BCUT2D eigenvalue weighted by atomic mass is 19.3. The predicted octanol–water partition coefficient (Wildman–Crippen LogP) is 0.646. The van der Waals surface area contributed by atoms with Crippen LogP contribution in [0.3, 0.4) is 0 Å². The van der Waals surface area contributed by atoms with E-state index in [-0.39, 0.29) is 6.54 Å². The number of alkyl halides is 2.